The van der Waals surface area contributed by atoms with E-state index >= 15 is 0 Å². The predicted molar refractivity (Wildman–Crippen MR) is 132 cm³/mol. The fourth-order valence-electron chi connectivity index (χ4n) is 4.35. The van der Waals surface area contributed by atoms with Gasteiger partial charge in [0.15, 0.2) is 6.61 Å². The molecule has 1 amide bonds. The predicted octanol–water partition coefficient (Wildman–Crippen LogP) is 4.39. The van der Waals surface area contributed by atoms with Crippen molar-refractivity contribution in [2.45, 2.75) is 26.6 Å². The van der Waals surface area contributed by atoms with E-state index in [0.29, 0.717) is 12.3 Å². The van der Waals surface area contributed by atoms with Crippen LogP contribution in [0.1, 0.15) is 17.0 Å². The van der Waals surface area contributed by atoms with Crippen LogP contribution >= 0.6 is 0 Å². The lowest BCUT2D eigenvalue weighted by atomic mass is 10.1. The molecule has 174 valence electrons. The molecule has 0 fully saturated rings. The molecule has 1 aliphatic rings. The number of aromatic nitrogens is 2. The average Bonchev–Trinajstić information content (AvgIpc) is 3.22. The number of benzene rings is 3. The van der Waals surface area contributed by atoms with Crippen LogP contribution in [0.15, 0.2) is 66.7 Å². The first-order chi connectivity index (χ1) is 16.6. The monoisotopic (exact) mass is 456 g/mol. The summed E-state index contributed by atoms with van der Waals surface area (Å²) in [6, 6.07) is 21.6. The molecule has 3 aromatic carbocycles. The molecule has 0 spiro atoms. The Labute approximate surface area is 198 Å². The lowest BCUT2D eigenvalue weighted by Crippen LogP contribution is -2.33. The van der Waals surface area contributed by atoms with E-state index in [0.717, 1.165) is 53.5 Å². The van der Waals surface area contributed by atoms with Gasteiger partial charge in [0.25, 0.3) is 5.91 Å². The number of hydrogen-bond donors (Lipinski definition) is 1. The molecule has 0 saturated carbocycles. The van der Waals surface area contributed by atoms with Crippen molar-refractivity contribution in [3.05, 3.63) is 83.7 Å². The number of nitrogens with one attached hydrogen (secondary N) is 1. The number of ether oxygens (including phenoxy) is 2. The van der Waals surface area contributed by atoms with Gasteiger partial charge in [0.1, 0.15) is 17.3 Å². The maximum atomic E-state index is 12.4. The number of carbonyl (C=O) groups is 1. The van der Waals surface area contributed by atoms with Crippen LogP contribution in [0, 0.1) is 6.92 Å². The number of nitrogens with zero attached hydrogens (tertiary/aromatic N) is 3. The molecule has 0 aliphatic carbocycles. The molecule has 2 heterocycles. The lowest BCUT2D eigenvalue weighted by molar-refractivity contribution is -0.118. The Kier molecular flexibility index (Phi) is 6.18. The van der Waals surface area contributed by atoms with Gasteiger partial charge in [-0.2, -0.15) is 0 Å². The maximum absolute atomic E-state index is 12.4. The number of hydrogen-bond acceptors (Lipinski definition) is 5. The normalized spacial score (nSPS) is 13.5. The first kappa shape index (κ1) is 22.0. The van der Waals surface area contributed by atoms with Gasteiger partial charge < -0.3 is 19.4 Å². The number of carbonyl (C=O) groups excluding carboxylic acids is 1. The highest BCUT2D eigenvalue weighted by atomic mass is 16.5. The van der Waals surface area contributed by atoms with Crippen molar-refractivity contribution in [2.24, 2.45) is 0 Å². The van der Waals surface area contributed by atoms with E-state index in [4.69, 9.17) is 14.5 Å². The molecule has 0 bridgehead atoms. The van der Waals surface area contributed by atoms with E-state index in [2.05, 4.69) is 33.0 Å². The second-order valence-electron chi connectivity index (χ2n) is 8.56. The third-order valence-corrected chi connectivity index (χ3v) is 6.09. The quantitative estimate of drug-likeness (QED) is 0.447. The zero-order valence-corrected chi connectivity index (χ0v) is 19.5. The minimum absolute atomic E-state index is 0.0488. The van der Waals surface area contributed by atoms with E-state index < -0.39 is 0 Å². The summed E-state index contributed by atoms with van der Waals surface area (Å²) in [7, 11) is 1.67. The van der Waals surface area contributed by atoms with Gasteiger partial charge >= 0.3 is 0 Å². The Morgan fingerprint density at radius 2 is 1.88 bits per heavy atom. The molecule has 0 saturated heterocycles. The van der Waals surface area contributed by atoms with Crippen LogP contribution in [-0.4, -0.2) is 40.6 Å². The van der Waals surface area contributed by atoms with E-state index in [1.165, 1.54) is 5.52 Å². The van der Waals surface area contributed by atoms with Crippen LogP contribution in [0.4, 0.5) is 5.69 Å². The zero-order valence-electron chi connectivity index (χ0n) is 19.5. The molecule has 0 unspecified atom stereocenters. The van der Waals surface area contributed by atoms with Gasteiger partial charge in [-0.15, -0.1) is 0 Å². The molecule has 1 N–H and O–H groups in total. The summed E-state index contributed by atoms with van der Waals surface area (Å²) in [6.07, 6.45) is 0. The largest absolute Gasteiger partial charge is 0.496 e. The van der Waals surface area contributed by atoms with Crippen LogP contribution in [0.25, 0.3) is 11.0 Å². The number of fused-ring (bicyclic) bond motifs is 3. The SMILES string of the molecule is COc1ccc(NC(=O)COc2ccc(C)cc2)cc1CN1CCn2c(nc3ccccc32)C1. The molecule has 1 aromatic heterocycles. The second kappa shape index (κ2) is 9.57. The first-order valence-electron chi connectivity index (χ1n) is 11.4. The summed E-state index contributed by atoms with van der Waals surface area (Å²) in [5, 5.41) is 2.93. The van der Waals surface area contributed by atoms with Gasteiger partial charge in [-0.1, -0.05) is 29.8 Å². The summed E-state index contributed by atoms with van der Waals surface area (Å²) in [6.45, 7) is 5.24. The van der Waals surface area contributed by atoms with Crippen molar-refractivity contribution < 1.29 is 14.3 Å². The van der Waals surface area contributed by atoms with Crippen molar-refractivity contribution in [3.8, 4) is 11.5 Å². The van der Waals surface area contributed by atoms with Crippen LogP contribution in [-0.2, 0) is 24.4 Å². The van der Waals surface area contributed by atoms with Crippen LogP contribution < -0.4 is 14.8 Å². The first-order valence-corrected chi connectivity index (χ1v) is 11.4. The number of rotatable bonds is 7. The fraction of sp³-hybridized carbons (Fsp3) is 0.259. The number of anilines is 1. The van der Waals surface area contributed by atoms with E-state index in [9.17, 15) is 4.79 Å². The highest BCUT2D eigenvalue weighted by Gasteiger charge is 2.21. The van der Waals surface area contributed by atoms with Crippen LogP contribution in [0.2, 0.25) is 0 Å². The molecule has 0 radical (unpaired) electrons. The highest BCUT2D eigenvalue weighted by Crippen LogP contribution is 2.27. The van der Waals surface area contributed by atoms with Crippen molar-refractivity contribution in [2.75, 3.05) is 25.6 Å². The minimum atomic E-state index is -0.205. The smallest absolute Gasteiger partial charge is 0.262 e. The molecule has 34 heavy (non-hydrogen) atoms. The average molecular weight is 457 g/mol. The van der Waals surface area contributed by atoms with Gasteiger partial charge in [-0.25, -0.2) is 4.98 Å². The third-order valence-electron chi connectivity index (χ3n) is 6.09. The minimum Gasteiger partial charge on any atom is -0.496 e. The molecule has 1 aliphatic heterocycles. The third kappa shape index (κ3) is 4.75. The summed E-state index contributed by atoms with van der Waals surface area (Å²) in [4.78, 5) is 19.6. The standard InChI is InChI=1S/C27H28N4O3/c1-19-7-10-22(11-8-19)34-18-27(32)28-21-9-12-25(33-2)20(15-21)16-30-13-14-31-24-6-4-3-5-23(24)29-26(31)17-30/h3-12,15H,13-14,16-18H2,1-2H3,(H,28,32). The number of para-hydroxylation sites is 2. The van der Waals surface area contributed by atoms with E-state index in [1.54, 1.807) is 7.11 Å². The number of imidazole rings is 1. The molecular weight excluding hydrogens is 428 g/mol. The number of aryl methyl sites for hydroxylation is 1. The second-order valence-corrected chi connectivity index (χ2v) is 8.56. The molecule has 7 heteroatoms. The molecule has 7 nitrogen and oxygen atoms in total. The van der Waals surface area contributed by atoms with Crippen molar-refractivity contribution in [1.82, 2.24) is 14.5 Å². The van der Waals surface area contributed by atoms with Crippen LogP contribution in [0.3, 0.4) is 0 Å². The fourth-order valence-corrected chi connectivity index (χ4v) is 4.35. The lowest BCUT2D eigenvalue weighted by Gasteiger charge is -2.28. The summed E-state index contributed by atoms with van der Waals surface area (Å²) >= 11 is 0. The van der Waals surface area contributed by atoms with Gasteiger partial charge in [0, 0.05) is 30.9 Å². The number of methoxy groups -OCH3 is 1. The van der Waals surface area contributed by atoms with Crippen molar-refractivity contribution in [1.29, 1.82) is 0 Å². The van der Waals surface area contributed by atoms with E-state index in [1.807, 2.05) is 55.5 Å². The molecule has 0 atom stereocenters. The van der Waals surface area contributed by atoms with Crippen molar-refractivity contribution in [3.63, 3.8) is 0 Å². The summed E-state index contributed by atoms with van der Waals surface area (Å²) in [5.74, 6) is 2.34. The van der Waals surface area contributed by atoms with Gasteiger partial charge in [0.05, 0.1) is 24.7 Å². The zero-order chi connectivity index (χ0) is 23.5. The van der Waals surface area contributed by atoms with Gasteiger partial charge in [0.2, 0.25) is 0 Å². The Balaban J connectivity index is 1.25. The summed E-state index contributed by atoms with van der Waals surface area (Å²) < 4.78 is 13.5. The molecular formula is C27H28N4O3. The summed E-state index contributed by atoms with van der Waals surface area (Å²) in [5.41, 5.74) is 5.11. The van der Waals surface area contributed by atoms with Crippen molar-refractivity contribution >= 4 is 22.6 Å². The van der Waals surface area contributed by atoms with Crippen LogP contribution in [0.5, 0.6) is 11.5 Å². The Morgan fingerprint density at radius 1 is 1.06 bits per heavy atom. The Hall–Kier alpha value is -3.84. The molecule has 5 rings (SSSR count). The van der Waals surface area contributed by atoms with Gasteiger partial charge in [-0.05, 0) is 49.4 Å². The molecule has 4 aromatic rings. The maximum Gasteiger partial charge on any atom is 0.262 e. The number of amides is 1. The van der Waals surface area contributed by atoms with E-state index in [-0.39, 0.29) is 12.5 Å². The van der Waals surface area contributed by atoms with Gasteiger partial charge in [-0.3, -0.25) is 9.69 Å². The topological polar surface area (TPSA) is 68.6 Å². The highest BCUT2D eigenvalue weighted by molar-refractivity contribution is 5.92. The Bertz CT molecular complexity index is 1310. The Morgan fingerprint density at radius 3 is 2.71 bits per heavy atom.